The summed E-state index contributed by atoms with van der Waals surface area (Å²) < 4.78 is 38.2. The van der Waals surface area contributed by atoms with Crippen LogP contribution in [0.15, 0.2) is 59.8 Å². The van der Waals surface area contributed by atoms with E-state index in [0.29, 0.717) is 43.6 Å². The second-order valence-corrected chi connectivity index (χ2v) is 8.96. The van der Waals surface area contributed by atoms with Crippen LogP contribution >= 0.6 is 0 Å². The van der Waals surface area contributed by atoms with Gasteiger partial charge in [0.05, 0.1) is 26.1 Å². The van der Waals surface area contributed by atoms with Gasteiger partial charge in [-0.25, -0.2) is 8.42 Å². The minimum Gasteiger partial charge on any atom is -0.497 e. The highest BCUT2D eigenvalue weighted by molar-refractivity contribution is 7.89. The number of benzene rings is 1. The minimum absolute atomic E-state index is 0.125. The second-order valence-electron chi connectivity index (χ2n) is 7.05. The van der Waals surface area contributed by atoms with Crippen LogP contribution in [0.25, 0.3) is 0 Å². The topological polar surface area (TPSA) is 110 Å². The van der Waals surface area contributed by atoms with Gasteiger partial charge in [0.2, 0.25) is 10.0 Å². The van der Waals surface area contributed by atoms with Gasteiger partial charge in [-0.15, -0.1) is 10.2 Å². The van der Waals surface area contributed by atoms with E-state index in [1.54, 1.807) is 24.5 Å². The number of sulfonamides is 1. The van der Waals surface area contributed by atoms with Crippen LogP contribution in [-0.4, -0.2) is 68.3 Å². The normalized spacial score (nSPS) is 14.8. The average Bonchev–Trinajstić information content (AvgIpc) is 2.84. The van der Waals surface area contributed by atoms with E-state index >= 15 is 0 Å². The summed E-state index contributed by atoms with van der Waals surface area (Å²) in [5.74, 6) is 2.09. The summed E-state index contributed by atoms with van der Waals surface area (Å²) in [6.07, 6.45) is 3.40. The Kier molecular flexibility index (Phi) is 6.37. The first-order chi connectivity index (χ1) is 15.5. The molecule has 11 heteroatoms. The number of nitrogens with one attached hydrogen (secondary N) is 1. The number of aromatic nitrogens is 3. The summed E-state index contributed by atoms with van der Waals surface area (Å²) in [5.41, 5.74) is 0.822. The van der Waals surface area contributed by atoms with E-state index in [2.05, 4.69) is 20.5 Å². The molecular formula is C21H24N6O4S. The average molecular weight is 457 g/mol. The van der Waals surface area contributed by atoms with Crippen molar-refractivity contribution in [3.05, 3.63) is 54.9 Å². The van der Waals surface area contributed by atoms with Gasteiger partial charge in [-0.05, 0) is 36.4 Å². The lowest BCUT2D eigenvalue weighted by atomic mass is 10.3. The van der Waals surface area contributed by atoms with Crippen LogP contribution in [0.5, 0.6) is 11.5 Å². The number of piperazine rings is 1. The number of ether oxygens (including phenoxy) is 2. The molecule has 168 valence electrons. The smallest absolute Gasteiger partial charge is 0.246 e. The molecule has 1 aliphatic heterocycles. The molecule has 0 unspecified atom stereocenters. The van der Waals surface area contributed by atoms with E-state index in [1.807, 2.05) is 29.2 Å². The molecule has 1 N–H and O–H groups in total. The van der Waals surface area contributed by atoms with E-state index in [9.17, 15) is 8.42 Å². The SMILES string of the molecule is COc1ccc(S(=O)(=O)N2CCN(c3ccc(Nc4cccnc4)nn3)CC2)c(OC)c1. The van der Waals surface area contributed by atoms with Crippen LogP contribution < -0.4 is 19.7 Å². The summed E-state index contributed by atoms with van der Waals surface area (Å²) in [6.45, 7) is 1.66. The fourth-order valence-electron chi connectivity index (χ4n) is 3.43. The van der Waals surface area contributed by atoms with Gasteiger partial charge in [0.1, 0.15) is 16.4 Å². The molecule has 0 bridgehead atoms. The van der Waals surface area contributed by atoms with Crippen LogP contribution in [0.4, 0.5) is 17.3 Å². The highest BCUT2D eigenvalue weighted by atomic mass is 32.2. The standard InChI is InChI=1S/C21H24N6O4S/c1-30-17-5-6-19(18(14-17)31-2)32(28,29)27-12-10-26(11-13-27)21-8-7-20(24-25-21)23-16-4-3-9-22-15-16/h3-9,14-15H,10-13H2,1-2H3,(H,23,24). The molecule has 0 aliphatic carbocycles. The molecule has 0 atom stereocenters. The zero-order valence-electron chi connectivity index (χ0n) is 17.8. The maximum Gasteiger partial charge on any atom is 0.246 e. The molecule has 3 heterocycles. The molecule has 0 amide bonds. The largest absolute Gasteiger partial charge is 0.497 e. The number of methoxy groups -OCH3 is 2. The van der Waals surface area contributed by atoms with Crippen LogP contribution in [-0.2, 0) is 10.0 Å². The van der Waals surface area contributed by atoms with Crippen molar-refractivity contribution in [1.82, 2.24) is 19.5 Å². The summed E-state index contributed by atoms with van der Waals surface area (Å²) in [6, 6.07) is 12.1. The van der Waals surface area contributed by atoms with Crippen molar-refractivity contribution in [2.45, 2.75) is 4.90 Å². The Bertz CT molecular complexity index is 1150. The Labute approximate surface area is 186 Å². The van der Waals surface area contributed by atoms with Gasteiger partial charge in [-0.1, -0.05) is 0 Å². The molecule has 1 fully saturated rings. The van der Waals surface area contributed by atoms with Crippen LogP contribution in [0.3, 0.4) is 0 Å². The Hall–Kier alpha value is -3.44. The summed E-state index contributed by atoms with van der Waals surface area (Å²) in [5, 5.41) is 11.6. The van der Waals surface area contributed by atoms with Crippen molar-refractivity contribution in [3.8, 4) is 11.5 Å². The Balaban J connectivity index is 1.41. The monoisotopic (exact) mass is 456 g/mol. The highest BCUT2D eigenvalue weighted by Gasteiger charge is 2.31. The predicted molar refractivity (Wildman–Crippen MR) is 120 cm³/mol. The number of hydrogen-bond donors (Lipinski definition) is 1. The molecule has 0 radical (unpaired) electrons. The van der Waals surface area contributed by atoms with Crippen molar-refractivity contribution in [2.24, 2.45) is 0 Å². The second kappa shape index (κ2) is 9.37. The lowest BCUT2D eigenvalue weighted by Gasteiger charge is -2.34. The fraction of sp³-hybridized carbons (Fsp3) is 0.286. The van der Waals surface area contributed by atoms with Gasteiger partial charge in [0, 0.05) is 38.4 Å². The molecule has 32 heavy (non-hydrogen) atoms. The number of anilines is 3. The molecular weight excluding hydrogens is 432 g/mol. The maximum atomic E-state index is 13.2. The number of pyridine rings is 1. The lowest BCUT2D eigenvalue weighted by Crippen LogP contribution is -2.49. The van der Waals surface area contributed by atoms with E-state index < -0.39 is 10.0 Å². The molecule has 1 aliphatic rings. The summed E-state index contributed by atoms with van der Waals surface area (Å²) in [7, 11) is -0.740. The number of rotatable bonds is 7. The zero-order chi connectivity index (χ0) is 22.6. The lowest BCUT2D eigenvalue weighted by molar-refractivity contribution is 0.369. The minimum atomic E-state index is -3.70. The van der Waals surface area contributed by atoms with Crippen molar-refractivity contribution < 1.29 is 17.9 Å². The van der Waals surface area contributed by atoms with Gasteiger partial charge < -0.3 is 19.7 Å². The van der Waals surface area contributed by atoms with Gasteiger partial charge >= 0.3 is 0 Å². The van der Waals surface area contributed by atoms with Crippen molar-refractivity contribution in [3.63, 3.8) is 0 Å². The van der Waals surface area contributed by atoms with Crippen molar-refractivity contribution in [1.29, 1.82) is 0 Å². The first-order valence-electron chi connectivity index (χ1n) is 9.99. The Morgan fingerprint density at radius 2 is 1.78 bits per heavy atom. The first-order valence-corrected chi connectivity index (χ1v) is 11.4. The third-order valence-electron chi connectivity index (χ3n) is 5.14. The van der Waals surface area contributed by atoms with Gasteiger partial charge in [0.15, 0.2) is 11.6 Å². The summed E-state index contributed by atoms with van der Waals surface area (Å²) >= 11 is 0. The maximum absolute atomic E-state index is 13.2. The molecule has 0 spiro atoms. The molecule has 1 aromatic carbocycles. The molecule has 10 nitrogen and oxygen atoms in total. The van der Waals surface area contributed by atoms with Crippen molar-refractivity contribution in [2.75, 3.05) is 50.6 Å². The summed E-state index contributed by atoms with van der Waals surface area (Å²) in [4.78, 5) is 6.19. The third-order valence-corrected chi connectivity index (χ3v) is 7.07. The van der Waals surface area contributed by atoms with E-state index in [-0.39, 0.29) is 10.6 Å². The van der Waals surface area contributed by atoms with E-state index in [1.165, 1.54) is 24.6 Å². The number of nitrogens with zero attached hydrogens (tertiary/aromatic N) is 5. The van der Waals surface area contributed by atoms with Crippen molar-refractivity contribution >= 4 is 27.3 Å². The molecule has 3 aromatic rings. The highest BCUT2D eigenvalue weighted by Crippen LogP contribution is 2.31. The number of hydrogen-bond acceptors (Lipinski definition) is 9. The predicted octanol–water partition coefficient (Wildman–Crippen LogP) is 2.14. The van der Waals surface area contributed by atoms with E-state index in [4.69, 9.17) is 9.47 Å². The fourth-order valence-corrected chi connectivity index (χ4v) is 4.99. The van der Waals surface area contributed by atoms with Gasteiger partial charge in [-0.2, -0.15) is 4.31 Å². The van der Waals surface area contributed by atoms with Crippen LogP contribution in [0, 0.1) is 0 Å². The quantitative estimate of drug-likeness (QED) is 0.572. The molecule has 1 saturated heterocycles. The Morgan fingerprint density at radius 1 is 0.969 bits per heavy atom. The molecule has 2 aromatic heterocycles. The van der Waals surface area contributed by atoms with E-state index in [0.717, 1.165) is 5.69 Å². The van der Waals surface area contributed by atoms with Gasteiger partial charge in [0.25, 0.3) is 0 Å². The van der Waals surface area contributed by atoms with Crippen LogP contribution in [0.2, 0.25) is 0 Å². The zero-order valence-corrected chi connectivity index (χ0v) is 18.6. The third kappa shape index (κ3) is 4.58. The first kappa shape index (κ1) is 21.8. The Morgan fingerprint density at radius 3 is 2.41 bits per heavy atom. The van der Waals surface area contributed by atoms with Gasteiger partial charge in [-0.3, -0.25) is 4.98 Å². The van der Waals surface area contributed by atoms with Crippen LogP contribution in [0.1, 0.15) is 0 Å². The molecule has 4 rings (SSSR count). The molecule has 0 saturated carbocycles.